The summed E-state index contributed by atoms with van der Waals surface area (Å²) < 4.78 is 5.49. The molecule has 0 amide bonds. The first-order chi connectivity index (χ1) is 10.0. The summed E-state index contributed by atoms with van der Waals surface area (Å²) in [6.45, 7) is 4.84. The van der Waals surface area contributed by atoms with Gasteiger partial charge in [-0.15, -0.1) is 0 Å². The Morgan fingerprint density at radius 3 is 2.90 bits per heavy atom. The highest BCUT2D eigenvalue weighted by atomic mass is 35.5. The fourth-order valence-electron chi connectivity index (χ4n) is 2.72. The van der Waals surface area contributed by atoms with Crippen LogP contribution in [0.1, 0.15) is 30.1 Å². The first-order valence-corrected chi connectivity index (χ1v) is 8.01. The molecule has 0 aromatic heterocycles. The van der Waals surface area contributed by atoms with Crippen LogP contribution in [0.2, 0.25) is 10.0 Å². The number of hydrogen-bond donors (Lipinski definition) is 0. The van der Waals surface area contributed by atoms with E-state index in [9.17, 15) is 4.79 Å². The van der Waals surface area contributed by atoms with Crippen LogP contribution in [0.25, 0.3) is 0 Å². The average molecular weight is 330 g/mol. The molecule has 3 nitrogen and oxygen atoms in total. The van der Waals surface area contributed by atoms with Gasteiger partial charge in [-0.2, -0.15) is 0 Å². The standard InChI is InChI=1S/C16H21Cl2NO2/c1-11-6-8-19(10-15(11)21-2)9-7-14(20)12-4-3-5-13(17)16(12)18/h3-5,11,15H,6-10H2,1-2H3. The molecule has 1 aliphatic heterocycles. The summed E-state index contributed by atoms with van der Waals surface area (Å²) >= 11 is 12.0. The fraction of sp³-hybridized carbons (Fsp3) is 0.562. The maximum absolute atomic E-state index is 12.3. The Bertz CT molecular complexity index is 507. The zero-order valence-electron chi connectivity index (χ0n) is 12.4. The van der Waals surface area contributed by atoms with Crippen LogP contribution in [0.5, 0.6) is 0 Å². The minimum Gasteiger partial charge on any atom is -0.380 e. The third kappa shape index (κ3) is 4.19. The van der Waals surface area contributed by atoms with E-state index in [4.69, 9.17) is 27.9 Å². The molecule has 1 aromatic rings. The van der Waals surface area contributed by atoms with Gasteiger partial charge in [0.05, 0.1) is 16.1 Å². The van der Waals surface area contributed by atoms with Gasteiger partial charge in [0.1, 0.15) is 0 Å². The Morgan fingerprint density at radius 2 is 2.19 bits per heavy atom. The molecule has 0 saturated carbocycles. The quantitative estimate of drug-likeness (QED) is 0.767. The van der Waals surface area contributed by atoms with Gasteiger partial charge in [-0.1, -0.05) is 36.2 Å². The van der Waals surface area contributed by atoms with Crippen molar-refractivity contribution < 1.29 is 9.53 Å². The number of Topliss-reactive ketones (excluding diaryl/α,β-unsaturated/α-hetero) is 1. The summed E-state index contributed by atoms with van der Waals surface area (Å²) in [5, 5.41) is 0.778. The maximum Gasteiger partial charge on any atom is 0.165 e. The lowest BCUT2D eigenvalue weighted by Gasteiger charge is -2.36. The Labute approximate surface area is 136 Å². The maximum atomic E-state index is 12.3. The highest BCUT2D eigenvalue weighted by Gasteiger charge is 2.26. The number of methoxy groups -OCH3 is 1. The number of rotatable bonds is 5. The Balaban J connectivity index is 1.91. The minimum absolute atomic E-state index is 0.0371. The van der Waals surface area contributed by atoms with E-state index in [2.05, 4.69) is 11.8 Å². The number of benzene rings is 1. The highest BCUT2D eigenvalue weighted by molar-refractivity contribution is 6.43. The molecule has 0 spiro atoms. The molecule has 0 N–H and O–H groups in total. The Hall–Kier alpha value is -0.610. The molecule has 2 atom stereocenters. The highest BCUT2D eigenvalue weighted by Crippen LogP contribution is 2.26. The van der Waals surface area contributed by atoms with E-state index < -0.39 is 0 Å². The largest absolute Gasteiger partial charge is 0.380 e. The van der Waals surface area contributed by atoms with Crippen LogP contribution in [-0.2, 0) is 4.74 Å². The van der Waals surface area contributed by atoms with Gasteiger partial charge >= 0.3 is 0 Å². The lowest BCUT2D eigenvalue weighted by atomic mass is 9.95. The Kier molecular flexibility index (Phi) is 6.06. The fourth-order valence-corrected chi connectivity index (χ4v) is 3.13. The van der Waals surface area contributed by atoms with Gasteiger partial charge in [0.25, 0.3) is 0 Å². The normalized spacial score (nSPS) is 23.2. The lowest BCUT2D eigenvalue weighted by Crippen LogP contribution is -2.44. The second-order valence-corrected chi connectivity index (χ2v) is 6.40. The van der Waals surface area contributed by atoms with Gasteiger partial charge in [0.2, 0.25) is 0 Å². The number of hydrogen-bond acceptors (Lipinski definition) is 3. The molecule has 5 heteroatoms. The molecular formula is C16H21Cl2NO2. The number of ketones is 1. The van der Waals surface area contributed by atoms with Crippen LogP contribution in [0.4, 0.5) is 0 Å². The van der Waals surface area contributed by atoms with Crippen molar-refractivity contribution in [1.82, 2.24) is 4.90 Å². The van der Waals surface area contributed by atoms with E-state index in [1.54, 1.807) is 25.3 Å². The zero-order chi connectivity index (χ0) is 15.4. The first kappa shape index (κ1) is 16.8. The van der Waals surface area contributed by atoms with Crippen LogP contribution < -0.4 is 0 Å². The van der Waals surface area contributed by atoms with Crippen LogP contribution in [0.3, 0.4) is 0 Å². The lowest BCUT2D eigenvalue weighted by molar-refractivity contribution is -0.00479. The van der Waals surface area contributed by atoms with Crippen molar-refractivity contribution in [3.05, 3.63) is 33.8 Å². The van der Waals surface area contributed by atoms with Gasteiger partial charge in [-0.25, -0.2) is 0 Å². The summed E-state index contributed by atoms with van der Waals surface area (Å²) in [6.07, 6.45) is 1.80. The van der Waals surface area contributed by atoms with Crippen molar-refractivity contribution in [2.45, 2.75) is 25.9 Å². The predicted octanol–water partition coefficient (Wildman–Crippen LogP) is 3.92. The molecule has 21 heavy (non-hydrogen) atoms. The van der Waals surface area contributed by atoms with E-state index in [1.807, 2.05) is 0 Å². The summed E-state index contributed by atoms with van der Waals surface area (Å²) in [7, 11) is 1.75. The molecule has 116 valence electrons. The monoisotopic (exact) mass is 329 g/mol. The van der Waals surface area contributed by atoms with E-state index in [1.165, 1.54) is 0 Å². The van der Waals surface area contributed by atoms with Crippen LogP contribution >= 0.6 is 23.2 Å². The molecule has 0 bridgehead atoms. The topological polar surface area (TPSA) is 29.5 Å². The molecule has 1 aliphatic rings. The number of carbonyl (C=O) groups is 1. The third-order valence-electron chi connectivity index (χ3n) is 4.18. The van der Waals surface area contributed by atoms with Crippen molar-refractivity contribution in [3.8, 4) is 0 Å². The van der Waals surface area contributed by atoms with Gasteiger partial charge < -0.3 is 9.64 Å². The average Bonchev–Trinajstić information content (AvgIpc) is 2.49. The predicted molar refractivity (Wildman–Crippen MR) is 86.4 cm³/mol. The molecule has 0 aliphatic carbocycles. The van der Waals surface area contributed by atoms with Crippen molar-refractivity contribution >= 4 is 29.0 Å². The number of piperidine rings is 1. The van der Waals surface area contributed by atoms with Crippen LogP contribution in [0, 0.1) is 5.92 Å². The second kappa shape index (κ2) is 7.59. The van der Waals surface area contributed by atoms with Gasteiger partial charge in [-0.05, 0) is 31.0 Å². The first-order valence-electron chi connectivity index (χ1n) is 7.25. The van der Waals surface area contributed by atoms with E-state index in [0.29, 0.717) is 27.9 Å². The van der Waals surface area contributed by atoms with Gasteiger partial charge in [-0.3, -0.25) is 4.79 Å². The number of carbonyl (C=O) groups excluding carboxylic acids is 1. The molecule has 1 fully saturated rings. The number of nitrogens with zero attached hydrogens (tertiary/aromatic N) is 1. The van der Waals surface area contributed by atoms with Crippen LogP contribution in [0.15, 0.2) is 18.2 Å². The SMILES string of the molecule is COC1CN(CCC(=O)c2cccc(Cl)c2Cl)CCC1C. The van der Waals surface area contributed by atoms with Crippen molar-refractivity contribution in [2.75, 3.05) is 26.7 Å². The van der Waals surface area contributed by atoms with Crippen molar-refractivity contribution in [3.63, 3.8) is 0 Å². The third-order valence-corrected chi connectivity index (χ3v) is 5.00. The molecule has 1 aromatic carbocycles. The van der Waals surface area contributed by atoms with Gasteiger partial charge in [0.15, 0.2) is 5.78 Å². The van der Waals surface area contributed by atoms with E-state index in [0.717, 1.165) is 26.1 Å². The summed E-state index contributed by atoms with van der Waals surface area (Å²) in [4.78, 5) is 14.6. The summed E-state index contributed by atoms with van der Waals surface area (Å²) in [6, 6.07) is 5.17. The molecule has 2 unspecified atom stereocenters. The molecular weight excluding hydrogens is 309 g/mol. The number of ether oxygens (including phenoxy) is 1. The Morgan fingerprint density at radius 1 is 1.43 bits per heavy atom. The molecule has 0 radical (unpaired) electrons. The summed E-state index contributed by atoms with van der Waals surface area (Å²) in [5.41, 5.74) is 0.512. The second-order valence-electron chi connectivity index (χ2n) is 5.62. The molecule has 2 rings (SSSR count). The van der Waals surface area contributed by atoms with Crippen LogP contribution in [-0.4, -0.2) is 43.5 Å². The number of likely N-dealkylation sites (tertiary alicyclic amines) is 1. The zero-order valence-corrected chi connectivity index (χ0v) is 14.0. The van der Waals surface area contributed by atoms with Crippen molar-refractivity contribution in [1.29, 1.82) is 0 Å². The van der Waals surface area contributed by atoms with Gasteiger partial charge in [0, 0.05) is 32.2 Å². The van der Waals surface area contributed by atoms with E-state index in [-0.39, 0.29) is 11.9 Å². The molecule has 1 saturated heterocycles. The number of halogens is 2. The molecule has 1 heterocycles. The summed E-state index contributed by atoms with van der Waals surface area (Å²) in [5.74, 6) is 0.611. The smallest absolute Gasteiger partial charge is 0.165 e. The van der Waals surface area contributed by atoms with E-state index >= 15 is 0 Å². The van der Waals surface area contributed by atoms with Crippen molar-refractivity contribution in [2.24, 2.45) is 5.92 Å². The minimum atomic E-state index is 0.0371.